The summed E-state index contributed by atoms with van der Waals surface area (Å²) in [7, 11) is 2.05. The first-order valence-corrected chi connectivity index (χ1v) is 7.26. The number of aromatic nitrogens is 2. The second-order valence-corrected chi connectivity index (χ2v) is 5.42. The first kappa shape index (κ1) is 17.4. The molecule has 0 radical (unpaired) electrons. The SMILES string of the molecule is CC(=O)Nc1cccc(-c2nc(C3CNCCN3C)no2)c1.Cl. The number of rotatable bonds is 3. The predicted octanol–water partition coefficient (Wildman–Crippen LogP) is 1.69. The molecule has 1 aromatic carbocycles. The zero-order chi connectivity index (χ0) is 15.5. The molecule has 1 unspecified atom stereocenters. The lowest BCUT2D eigenvalue weighted by molar-refractivity contribution is -0.114. The highest BCUT2D eigenvalue weighted by Gasteiger charge is 2.25. The minimum Gasteiger partial charge on any atom is -0.334 e. The van der Waals surface area contributed by atoms with Crippen molar-refractivity contribution in [3.63, 3.8) is 0 Å². The van der Waals surface area contributed by atoms with E-state index in [9.17, 15) is 4.79 Å². The molecule has 0 bridgehead atoms. The standard InChI is InChI=1S/C15H19N5O2.ClH/c1-10(21)17-12-5-3-4-11(8-12)15-18-14(19-22-15)13-9-16-6-7-20(13)2;/h3-5,8,13,16H,6-7,9H2,1-2H3,(H,17,21);1H. The van der Waals surface area contributed by atoms with Gasteiger partial charge in [0.2, 0.25) is 5.91 Å². The lowest BCUT2D eigenvalue weighted by Gasteiger charge is -2.30. The van der Waals surface area contributed by atoms with Gasteiger partial charge in [-0.25, -0.2) is 0 Å². The van der Waals surface area contributed by atoms with Crippen molar-refractivity contribution in [3.8, 4) is 11.5 Å². The first-order valence-electron chi connectivity index (χ1n) is 7.26. The van der Waals surface area contributed by atoms with Gasteiger partial charge in [-0.3, -0.25) is 9.69 Å². The van der Waals surface area contributed by atoms with E-state index in [1.165, 1.54) is 6.92 Å². The van der Waals surface area contributed by atoms with Crippen LogP contribution in [-0.2, 0) is 4.79 Å². The van der Waals surface area contributed by atoms with E-state index in [2.05, 4.69) is 32.7 Å². The molecule has 1 aliphatic heterocycles. The van der Waals surface area contributed by atoms with Gasteiger partial charge in [-0.1, -0.05) is 11.2 Å². The van der Waals surface area contributed by atoms with Gasteiger partial charge in [0.1, 0.15) is 0 Å². The van der Waals surface area contributed by atoms with Crippen molar-refractivity contribution in [2.24, 2.45) is 0 Å². The molecule has 1 fully saturated rings. The number of amides is 1. The highest BCUT2D eigenvalue weighted by atomic mass is 35.5. The van der Waals surface area contributed by atoms with Gasteiger partial charge in [-0.2, -0.15) is 4.98 Å². The molecule has 0 saturated carbocycles. The molecular weight excluding hydrogens is 318 g/mol. The van der Waals surface area contributed by atoms with E-state index in [4.69, 9.17) is 4.52 Å². The Morgan fingerprint density at radius 3 is 3.04 bits per heavy atom. The number of carbonyl (C=O) groups is 1. The Bertz CT molecular complexity index is 675. The van der Waals surface area contributed by atoms with Gasteiger partial charge < -0.3 is 15.2 Å². The molecule has 2 aromatic rings. The van der Waals surface area contributed by atoms with Crippen LogP contribution in [0.5, 0.6) is 0 Å². The van der Waals surface area contributed by atoms with Crippen molar-refractivity contribution in [3.05, 3.63) is 30.1 Å². The molecular formula is C15H20ClN5O2. The van der Waals surface area contributed by atoms with Crippen LogP contribution in [0.1, 0.15) is 18.8 Å². The van der Waals surface area contributed by atoms with Crippen LogP contribution >= 0.6 is 12.4 Å². The summed E-state index contributed by atoms with van der Waals surface area (Å²) < 4.78 is 5.38. The average molecular weight is 338 g/mol. The van der Waals surface area contributed by atoms with E-state index in [0.717, 1.165) is 25.2 Å². The molecule has 0 spiro atoms. The predicted molar refractivity (Wildman–Crippen MR) is 89.5 cm³/mol. The third kappa shape index (κ3) is 4.07. The van der Waals surface area contributed by atoms with Crippen LogP contribution < -0.4 is 10.6 Å². The number of carbonyl (C=O) groups excluding carboxylic acids is 1. The Labute approximate surface area is 140 Å². The summed E-state index contributed by atoms with van der Waals surface area (Å²) in [5.74, 6) is 1.02. The molecule has 23 heavy (non-hydrogen) atoms. The summed E-state index contributed by atoms with van der Waals surface area (Å²) in [6.07, 6.45) is 0. The molecule has 2 N–H and O–H groups in total. The van der Waals surface area contributed by atoms with Gasteiger partial charge in [0.15, 0.2) is 5.82 Å². The van der Waals surface area contributed by atoms with Crippen molar-refractivity contribution in [1.29, 1.82) is 0 Å². The summed E-state index contributed by atoms with van der Waals surface area (Å²) in [5.41, 5.74) is 1.50. The minimum atomic E-state index is -0.113. The number of anilines is 1. The van der Waals surface area contributed by atoms with Crippen LogP contribution in [0.15, 0.2) is 28.8 Å². The van der Waals surface area contributed by atoms with Gasteiger partial charge in [-0.05, 0) is 25.2 Å². The van der Waals surface area contributed by atoms with Crippen LogP contribution in [0.4, 0.5) is 5.69 Å². The van der Waals surface area contributed by atoms with E-state index in [1.807, 2.05) is 24.3 Å². The van der Waals surface area contributed by atoms with Crippen LogP contribution in [0.3, 0.4) is 0 Å². The number of nitrogens with one attached hydrogen (secondary N) is 2. The molecule has 1 atom stereocenters. The monoisotopic (exact) mass is 337 g/mol. The molecule has 124 valence electrons. The maximum Gasteiger partial charge on any atom is 0.258 e. The molecule has 7 nitrogen and oxygen atoms in total. The average Bonchev–Trinajstić information content (AvgIpc) is 2.97. The molecule has 1 amide bonds. The maximum absolute atomic E-state index is 11.1. The Hall–Kier alpha value is -1.96. The summed E-state index contributed by atoms with van der Waals surface area (Å²) >= 11 is 0. The summed E-state index contributed by atoms with van der Waals surface area (Å²) in [6.45, 7) is 4.20. The third-order valence-corrected chi connectivity index (χ3v) is 3.68. The number of halogens is 1. The third-order valence-electron chi connectivity index (χ3n) is 3.68. The van der Waals surface area contributed by atoms with E-state index in [0.29, 0.717) is 17.4 Å². The number of hydrogen-bond donors (Lipinski definition) is 2. The van der Waals surface area contributed by atoms with Crippen molar-refractivity contribution >= 4 is 24.0 Å². The van der Waals surface area contributed by atoms with Crippen molar-refractivity contribution in [2.75, 3.05) is 32.0 Å². The van der Waals surface area contributed by atoms with Crippen LogP contribution in [0, 0.1) is 0 Å². The molecule has 3 rings (SSSR count). The van der Waals surface area contributed by atoms with Gasteiger partial charge >= 0.3 is 0 Å². The molecule has 1 saturated heterocycles. The largest absolute Gasteiger partial charge is 0.334 e. The number of nitrogens with zero attached hydrogens (tertiary/aromatic N) is 3. The second-order valence-electron chi connectivity index (χ2n) is 5.42. The fourth-order valence-electron chi connectivity index (χ4n) is 2.51. The fourth-order valence-corrected chi connectivity index (χ4v) is 2.51. The number of hydrogen-bond acceptors (Lipinski definition) is 6. The first-order chi connectivity index (χ1) is 10.6. The van der Waals surface area contributed by atoms with E-state index < -0.39 is 0 Å². The van der Waals surface area contributed by atoms with Crippen molar-refractivity contribution < 1.29 is 9.32 Å². The van der Waals surface area contributed by atoms with E-state index in [-0.39, 0.29) is 24.4 Å². The van der Waals surface area contributed by atoms with E-state index in [1.54, 1.807) is 0 Å². The molecule has 1 aromatic heterocycles. The van der Waals surface area contributed by atoms with Crippen LogP contribution in [0.2, 0.25) is 0 Å². The van der Waals surface area contributed by atoms with Crippen LogP contribution in [-0.4, -0.2) is 47.6 Å². The Balaban J connectivity index is 0.00000192. The number of benzene rings is 1. The number of likely N-dealkylation sites (N-methyl/N-ethyl adjacent to an activating group) is 1. The molecule has 8 heteroatoms. The zero-order valence-electron chi connectivity index (χ0n) is 13.1. The van der Waals surface area contributed by atoms with E-state index >= 15 is 0 Å². The maximum atomic E-state index is 11.1. The van der Waals surface area contributed by atoms with Crippen molar-refractivity contribution in [1.82, 2.24) is 20.4 Å². The lowest BCUT2D eigenvalue weighted by atomic mass is 10.2. The van der Waals surface area contributed by atoms with Gasteiger partial charge in [0.25, 0.3) is 5.89 Å². The fraction of sp³-hybridized carbons (Fsp3) is 0.400. The number of piperazine rings is 1. The normalized spacial score (nSPS) is 18.3. The zero-order valence-corrected chi connectivity index (χ0v) is 13.9. The Morgan fingerprint density at radius 2 is 2.30 bits per heavy atom. The topological polar surface area (TPSA) is 83.3 Å². The molecule has 1 aliphatic rings. The Morgan fingerprint density at radius 1 is 1.48 bits per heavy atom. The molecule has 0 aliphatic carbocycles. The highest BCUT2D eigenvalue weighted by Crippen LogP contribution is 2.24. The summed E-state index contributed by atoms with van der Waals surface area (Å²) in [4.78, 5) is 17.8. The molecule has 2 heterocycles. The lowest BCUT2D eigenvalue weighted by Crippen LogP contribution is -2.44. The Kier molecular flexibility index (Phi) is 5.70. The highest BCUT2D eigenvalue weighted by molar-refractivity contribution is 5.89. The minimum absolute atomic E-state index is 0. The smallest absolute Gasteiger partial charge is 0.258 e. The second kappa shape index (κ2) is 7.54. The van der Waals surface area contributed by atoms with Gasteiger partial charge in [0, 0.05) is 37.8 Å². The summed E-state index contributed by atoms with van der Waals surface area (Å²) in [6, 6.07) is 7.48. The quantitative estimate of drug-likeness (QED) is 0.887. The van der Waals surface area contributed by atoms with Crippen LogP contribution in [0.25, 0.3) is 11.5 Å². The summed E-state index contributed by atoms with van der Waals surface area (Å²) in [5, 5.41) is 10.2. The van der Waals surface area contributed by atoms with Crippen molar-refractivity contribution in [2.45, 2.75) is 13.0 Å². The van der Waals surface area contributed by atoms with Gasteiger partial charge in [-0.15, -0.1) is 12.4 Å². The van der Waals surface area contributed by atoms with Gasteiger partial charge in [0.05, 0.1) is 6.04 Å².